The number of aromatic nitrogens is 3. The Bertz CT molecular complexity index is 1140. The first-order valence-corrected chi connectivity index (χ1v) is 10.9. The predicted octanol–water partition coefficient (Wildman–Crippen LogP) is 5.07. The maximum Gasteiger partial charge on any atom is 0.196 e. The van der Waals surface area contributed by atoms with Gasteiger partial charge in [-0.15, -0.1) is 24.0 Å². The summed E-state index contributed by atoms with van der Waals surface area (Å²) in [6.07, 6.45) is 7.95. The van der Waals surface area contributed by atoms with Crippen LogP contribution in [0.5, 0.6) is 5.75 Å². The fraction of sp³-hybridized carbons (Fsp3) is 0.240. The largest absolute Gasteiger partial charge is 0.491 e. The van der Waals surface area contributed by atoms with Gasteiger partial charge in [-0.1, -0.05) is 0 Å². The average Bonchev–Trinajstić information content (AvgIpc) is 3.53. The minimum absolute atomic E-state index is 0. The fourth-order valence-corrected chi connectivity index (χ4v) is 3.18. The molecule has 0 saturated heterocycles. The number of guanidine groups is 1. The molecule has 3 aromatic heterocycles. The molecule has 0 aliphatic carbocycles. The second kappa shape index (κ2) is 12.8. The van der Waals surface area contributed by atoms with Crippen LogP contribution in [0, 0.1) is 0 Å². The highest BCUT2D eigenvalue weighted by atomic mass is 127. The number of halogens is 1. The number of hydrogen-bond acceptors (Lipinski definition) is 5. The third-order valence-corrected chi connectivity index (χ3v) is 4.70. The van der Waals surface area contributed by atoms with Crippen molar-refractivity contribution < 1.29 is 9.15 Å². The number of hydrogen-bond donors (Lipinski definition) is 2. The van der Waals surface area contributed by atoms with E-state index in [1.54, 1.807) is 23.3 Å². The van der Waals surface area contributed by atoms with E-state index in [1.165, 1.54) is 0 Å². The van der Waals surface area contributed by atoms with Crippen molar-refractivity contribution in [2.75, 3.05) is 11.9 Å². The normalized spacial score (nSPS) is 11.2. The molecule has 0 radical (unpaired) electrons. The summed E-state index contributed by atoms with van der Waals surface area (Å²) in [5, 5.41) is 11.0. The Morgan fingerprint density at radius 1 is 1.12 bits per heavy atom. The van der Waals surface area contributed by atoms with E-state index in [0.29, 0.717) is 19.0 Å². The van der Waals surface area contributed by atoms with Gasteiger partial charge in [0, 0.05) is 37.2 Å². The van der Waals surface area contributed by atoms with Crippen molar-refractivity contribution in [2.24, 2.45) is 4.99 Å². The molecular formula is C25H29IN6O2. The second-order valence-electron chi connectivity index (χ2n) is 7.71. The second-order valence-corrected chi connectivity index (χ2v) is 7.71. The first-order chi connectivity index (χ1) is 16.2. The number of nitrogens with one attached hydrogen (secondary N) is 2. The summed E-state index contributed by atoms with van der Waals surface area (Å²) < 4.78 is 12.9. The van der Waals surface area contributed by atoms with Gasteiger partial charge in [-0.2, -0.15) is 5.10 Å². The van der Waals surface area contributed by atoms with Gasteiger partial charge in [0.25, 0.3) is 0 Å². The van der Waals surface area contributed by atoms with Crippen molar-refractivity contribution in [3.8, 4) is 11.6 Å². The van der Waals surface area contributed by atoms with Crippen LogP contribution in [0.1, 0.15) is 25.2 Å². The molecule has 34 heavy (non-hydrogen) atoms. The third kappa shape index (κ3) is 7.62. The lowest BCUT2D eigenvalue weighted by molar-refractivity contribution is 0.242. The molecule has 1 aromatic carbocycles. The maximum atomic E-state index is 5.73. The fourth-order valence-electron chi connectivity index (χ4n) is 3.18. The number of aliphatic imine (C=N–C) groups is 1. The number of pyridine rings is 1. The van der Waals surface area contributed by atoms with Crippen LogP contribution in [0.4, 0.5) is 5.69 Å². The van der Waals surface area contributed by atoms with E-state index in [9.17, 15) is 0 Å². The van der Waals surface area contributed by atoms with Gasteiger partial charge < -0.3 is 19.8 Å². The monoisotopic (exact) mass is 572 g/mol. The Morgan fingerprint density at radius 3 is 2.68 bits per heavy atom. The molecule has 9 heteroatoms. The third-order valence-electron chi connectivity index (χ3n) is 4.70. The van der Waals surface area contributed by atoms with Crippen LogP contribution in [-0.4, -0.2) is 33.4 Å². The minimum atomic E-state index is 0. The van der Waals surface area contributed by atoms with Gasteiger partial charge in [-0.25, -0.2) is 14.7 Å². The van der Waals surface area contributed by atoms with Crippen LogP contribution in [0.25, 0.3) is 5.82 Å². The van der Waals surface area contributed by atoms with E-state index in [-0.39, 0.29) is 30.1 Å². The summed E-state index contributed by atoms with van der Waals surface area (Å²) in [4.78, 5) is 9.16. The van der Waals surface area contributed by atoms with Gasteiger partial charge >= 0.3 is 0 Å². The molecule has 2 N–H and O–H groups in total. The molecule has 0 bridgehead atoms. The molecule has 4 aromatic rings. The number of benzene rings is 1. The van der Waals surface area contributed by atoms with Crippen molar-refractivity contribution in [2.45, 2.75) is 32.9 Å². The first kappa shape index (κ1) is 25.3. The van der Waals surface area contributed by atoms with E-state index in [4.69, 9.17) is 14.1 Å². The van der Waals surface area contributed by atoms with Crippen molar-refractivity contribution in [3.05, 3.63) is 90.8 Å². The number of furan rings is 1. The van der Waals surface area contributed by atoms with Gasteiger partial charge in [0.1, 0.15) is 11.5 Å². The number of ether oxygens (including phenoxy) is 1. The number of anilines is 1. The lowest BCUT2D eigenvalue weighted by atomic mass is 10.2. The van der Waals surface area contributed by atoms with E-state index in [0.717, 1.165) is 35.0 Å². The minimum Gasteiger partial charge on any atom is -0.491 e. The average molecular weight is 572 g/mol. The SMILES string of the molecule is CC(C)Oc1ccc(NC(=NCc2ccnc(-n3cccn3)c2)NCCc2ccco2)cc1.I. The zero-order valence-electron chi connectivity index (χ0n) is 19.2. The van der Waals surface area contributed by atoms with Gasteiger partial charge in [-0.05, 0) is 74.0 Å². The van der Waals surface area contributed by atoms with Gasteiger partial charge in [0.15, 0.2) is 11.8 Å². The number of nitrogens with zero attached hydrogens (tertiary/aromatic N) is 4. The summed E-state index contributed by atoms with van der Waals surface area (Å²) in [6, 6.07) is 17.5. The lowest BCUT2D eigenvalue weighted by Crippen LogP contribution is -2.32. The number of rotatable bonds is 9. The highest BCUT2D eigenvalue weighted by Gasteiger charge is 2.05. The van der Waals surface area contributed by atoms with E-state index in [1.807, 2.05) is 74.6 Å². The molecule has 0 aliphatic heterocycles. The van der Waals surface area contributed by atoms with Crippen LogP contribution in [0.2, 0.25) is 0 Å². The molecule has 0 atom stereocenters. The van der Waals surface area contributed by atoms with Crippen LogP contribution in [-0.2, 0) is 13.0 Å². The molecule has 0 unspecified atom stereocenters. The van der Waals surface area contributed by atoms with Crippen LogP contribution in [0.15, 0.2) is 88.9 Å². The van der Waals surface area contributed by atoms with Crippen molar-refractivity contribution in [1.82, 2.24) is 20.1 Å². The van der Waals surface area contributed by atoms with Crippen LogP contribution < -0.4 is 15.4 Å². The Morgan fingerprint density at radius 2 is 1.97 bits per heavy atom. The molecule has 0 aliphatic rings. The standard InChI is InChI=1S/C25H28N6O2.HI/c1-19(2)33-23-8-6-21(7-9-23)30-25(27-14-11-22-5-3-16-32-22)28-18-20-10-13-26-24(17-20)31-15-4-12-29-31;/h3-10,12-13,15-17,19H,11,14,18H2,1-2H3,(H2,27,28,30);1H. The smallest absolute Gasteiger partial charge is 0.196 e. The topological polar surface area (TPSA) is 89.5 Å². The zero-order valence-corrected chi connectivity index (χ0v) is 21.5. The van der Waals surface area contributed by atoms with E-state index in [2.05, 4.69) is 20.7 Å². The Balaban J connectivity index is 0.00000324. The summed E-state index contributed by atoms with van der Waals surface area (Å²) in [5.74, 6) is 3.20. The summed E-state index contributed by atoms with van der Waals surface area (Å²) in [6.45, 7) is 5.19. The van der Waals surface area contributed by atoms with Crippen molar-refractivity contribution in [3.63, 3.8) is 0 Å². The molecule has 8 nitrogen and oxygen atoms in total. The molecule has 0 fully saturated rings. The first-order valence-electron chi connectivity index (χ1n) is 10.9. The van der Waals surface area contributed by atoms with Gasteiger partial charge in [0.2, 0.25) is 0 Å². The van der Waals surface area contributed by atoms with Crippen molar-refractivity contribution >= 4 is 35.6 Å². The van der Waals surface area contributed by atoms with E-state index < -0.39 is 0 Å². The zero-order chi connectivity index (χ0) is 22.9. The quantitative estimate of drug-likeness (QED) is 0.166. The van der Waals surface area contributed by atoms with E-state index >= 15 is 0 Å². The highest BCUT2D eigenvalue weighted by molar-refractivity contribution is 14.0. The molecule has 0 amide bonds. The molecule has 3 heterocycles. The Kier molecular flexibility index (Phi) is 9.51. The molecular weight excluding hydrogens is 543 g/mol. The highest BCUT2D eigenvalue weighted by Crippen LogP contribution is 2.17. The molecule has 4 rings (SSSR count). The molecule has 0 spiro atoms. The molecule has 0 saturated carbocycles. The summed E-state index contributed by atoms with van der Waals surface area (Å²) in [5.41, 5.74) is 1.95. The van der Waals surface area contributed by atoms with Gasteiger partial charge in [-0.3, -0.25) is 0 Å². The summed E-state index contributed by atoms with van der Waals surface area (Å²) >= 11 is 0. The van der Waals surface area contributed by atoms with Crippen LogP contribution >= 0.6 is 24.0 Å². The lowest BCUT2D eigenvalue weighted by Gasteiger charge is -2.14. The summed E-state index contributed by atoms with van der Waals surface area (Å²) in [7, 11) is 0. The van der Waals surface area contributed by atoms with Crippen LogP contribution in [0.3, 0.4) is 0 Å². The van der Waals surface area contributed by atoms with Gasteiger partial charge in [0.05, 0.1) is 18.9 Å². The van der Waals surface area contributed by atoms with Crippen molar-refractivity contribution in [1.29, 1.82) is 0 Å². The Hall–Kier alpha value is -3.34. The predicted molar refractivity (Wildman–Crippen MR) is 144 cm³/mol. The molecule has 178 valence electrons. The maximum absolute atomic E-state index is 5.73. The Labute approximate surface area is 216 Å².